The molecule has 0 unspecified atom stereocenters. The van der Waals surface area contributed by atoms with E-state index in [0.717, 1.165) is 5.56 Å². The number of hydrogen-bond acceptors (Lipinski definition) is 3. The second-order valence-corrected chi connectivity index (χ2v) is 6.34. The minimum absolute atomic E-state index is 0.581. The molecule has 0 bridgehead atoms. The van der Waals surface area contributed by atoms with Crippen molar-refractivity contribution in [1.82, 2.24) is 4.90 Å². The van der Waals surface area contributed by atoms with E-state index in [1.54, 1.807) is 13.8 Å². The lowest BCUT2D eigenvalue weighted by atomic mass is 9.72. The highest BCUT2D eigenvalue weighted by molar-refractivity contribution is 5.81. The average Bonchev–Trinajstić information content (AvgIpc) is 2.39. The number of β-amino-alcohol motifs (C(OH)–C–C–N with tert-alkyl or cyclic N) is 1. The number of piperidine rings is 1. The molecule has 0 spiro atoms. The molecule has 20 heavy (non-hydrogen) atoms. The highest BCUT2D eigenvalue weighted by Crippen LogP contribution is 2.36. The largest absolute Gasteiger partial charge is 0.481 e. The summed E-state index contributed by atoms with van der Waals surface area (Å²) in [5.41, 5.74) is -0.636. The third kappa shape index (κ3) is 3.19. The SMILES string of the molecule is CC(C)(O)CN1CCC(C(=O)O)(c2ccccc2)CC1. The number of carboxylic acid groups (broad SMARTS) is 1. The lowest BCUT2D eigenvalue weighted by Gasteiger charge is -2.40. The van der Waals surface area contributed by atoms with Gasteiger partial charge in [0.1, 0.15) is 0 Å². The fraction of sp³-hybridized carbons (Fsp3) is 0.562. The third-order valence-electron chi connectivity index (χ3n) is 4.06. The van der Waals surface area contributed by atoms with Crippen LogP contribution in [0.4, 0.5) is 0 Å². The molecule has 1 aromatic carbocycles. The van der Waals surface area contributed by atoms with Crippen molar-refractivity contribution in [3.8, 4) is 0 Å². The summed E-state index contributed by atoms with van der Waals surface area (Å²) < 4.78 is 0. The molecule has 1 aliphatic rings. The molecule has 1 fully saturated rings. The molecule has 0 amide bonds. The summed E-state index contributed by atoms with van der Waals surface area (Å²) in [6.45, 7) is 5.54. The summed E-state index contributed by atoms with van der Waals surface area (Å²) in [6, 6.07) is 9.49. The van der Waals surface area contributed by atoms with Crippen molar-refractivity contribution in [1.29, 1.82) is 0 Å². The molecule has 4 heteroatoms. The zero-order valence-electron chi connectivity index (χ0n) is 12.2. The van der Waals surface area contributed by atoms with Gasteiger partial charge in [-0.1, -0.05) is 30.3 Å². The monoisotopic (exact) mass is 277 g/mol. The third-order valence-corrected chi connectivity index (χ3v) is 4.06. The van der Waals surface area contributed by atoms with Crippen molar-refractivity contribution in [3.05, 3.63) is 35.9 Å². The zero-order valence-corrected chi connectivity index (χ0v) is 12.2. The molecule has 1 aliphatic heterocycles. The topological polar surface area (TPSA) is 60.8 Å². The summed E-state index contributed by atoms with van der Waals surface area (Å²) in [4.78, 5) is 13.9. The quantitative estimate of drug-likeness (QED) is 0.882. The predicted molar refractivity (Wildman–Crippen MR) is 77.7 cm³/mol. The van der Waals surface area contributed by atoms with Gasteiger partial charge in [0.15, 0.2) is 0 Å². The van der Waals surface area contributed by atoms with Crippen LogP contribution >= 0.6 is 0 Å². The number of carboxylic acids is 1. The second-order valence-electron chi connectivity index (χ2n) is 6.34. The van der Waals surface area contributed by atoms with E-state index in [1.165, 1.54) is 0 Å². The maximum Gasteiger partial charge on any atom is 0.314 e. The highest BCUT2D eigenvalue weighted by Gasteiger charge is 2.43. The summed E-state index contributed by atoms with van der Waals surface area (Å²) in [6.07, 6.45) is 1.17. The molecule has 0 radical (unpaired) electrons. The van der Waals surface area contributed by atoms with Crippen molar-refractivity contribution < 1.29 is 15.0 Å². The second kappa shape index (κ2) is 5.54. The lowest BCUT2D eigenvalue weighted by molar-refractivity contribution is -0.146. The summed E-state index contributed by atoms with van der Waals surface area (Å²) >= 11 is 0. The van der Waals surface area contributed by atoms with Crippen molar-refractivity contribution in [2.24, 2.45) is 0 Å². The molecular weight excluding hydrogens is 254 g/mol. The van der Waals surface area contributed by atoms with Crippen LogP contribution < -0.4 is 0 Å². The van der Waals surface area contributed by atoms with E-state index >= 15 is 0 Å². The Labute approximate surface area is 120 Å². The van der Waals surface area contributed by atoms with E-state index in [0.29, 0.717) is 32.5 Å². The Morgan fingerprint density at radius 3 is 2.25 bits per heavy atom. The standard InChI is InChI=1S/C16H23NO3/c1-15(2,20)12-17-10-8-16(9-11-17,14(18)19)13-6-4-3-5-7-13/h3-7,20H,8-12H2,1-2H3,(H,18,19). The predicted octanol–water partition coefficient (Wildman–Crippen LogP) is 1.88. The average molecular weight is 277 g/mol. The van der Waals surface area contributed by atoms with Crippen LogP contribution in [0.5, 0.6) is 0 Å². The Bertz CT molecular complexity index is 456. The normalized spacial score (nSPS) is 19.8. The van der Waals surface area contributed by atoms with Crippen molar-refractivity contribution in [3.63, 3.8) is 0 Å². The molecule has 1 heterocycles. The van der Waals surface area contributed by atoms with Gasteiger partial charge >= 0.3 is 5.97 Å². The molecule has 1 aromatic rings. The first-order valence-electron chi connectivity index (χ1n) is 7.07. The van der Waals surface area contributed by atoms with Crippen molar-refractivity contribution >= 4 is 5.97 Å². The number of aliphatic hydroxyl groups is 1. The molecule has 1 saturated heterocycles. The van der Waals surface area contributed by atoms with E-state index in [4.69, 9.17) is 0 Å². The molecule has 4 nitrogen and oxygen atoms in total. The minimum atomic E-state index is -0.780. The number of aliphatic carboxylic acids is 1. The number of benzene rings is 1. The van der Waals surface area contributed by atoms with E-state index in [1.807, 2.05) is 30.3 Å². The van der Waals surface area contributed by atoms with Gasteiger partial charge in [-0.25, -0.2) is 0 Å². The summed E-state index contributed by atoms with van der Waals surface area (Å²) in [7, 11) is 0. The van der Waals surface area contributed by atoms with Gasteiger partial charge in [0, 0.05) is 6.54 Å². The smallest absolute Gasteiger partial charge is 0.314 e. The zero-order chi connectivity index (χ0) is 14.8. The van der Waals surface area contributed by atoms with Gasteiger partial charge in [-0.2, -0.15) is 0 Å². The number of rotatable bonds is 4. The van der Waals surface area contributed by atoms with Gasteiger partial charge in [0.2, 0.25) is 0 Å². The fourth-order valence-electron chi connectivity index (χ4n) is 3.02. The van der Waals surface area contributed by atoms with Gasteiger partial charge in [-0.3, -0.25) is 4.79 Å². The van der Waals surface area contributed by atoms with Crippen LogP contribution in [-0.4, -0.2) is 46.3 Å². The van der Waals surface area contributed by atoms with E-state index in [2.05, 4.69) is 4.90 Å². The molecule has 0 saturated carbocycles. The molecule has 110 valence electrons. The van der Waals surface area contributed by atoms with Crippen LogP contribution in [0.15, 0.2) is 30.3 Å². The number of hydrogen-bond donors (Lipinski definition) is 2. The van der Waals surface area contributed by atoms with Crippen LogP contribution in [0.25, 0.3) is 0 Å². The van der Waals surface area contributed by atoms with E-state index in [9.17, 15) is 15.0 Å². The first kappa shape index (κ1) is 15.0. The Morgan fingerprint density at radius 1 is 1.25 bits per heavy atom. The molecule has 0 atom stereocenters. The van der Waals surface area contributed by atoms with Crippen LogP contribution in [-0.2, 0) is 10.2 Å². The van der Waals surface area contributed by atoms with Gasteiger partial charge in [-0.15, -0.1) is 0 Å². The van der Waals surface area contributed by atoms with Gasteiger partial charge < -0.3 is 15.1 Å². The van der Waals surface area contributed by atoms with E-state index in [-0.39, 0.29) is 0 Å². The first-order chi connectivity index (χ1) is 9.33. The highest BCUT2D eigenvalue weighted by atomic mass is 16.4. The molecule has 0 aromatic heterocycles. The minimum Gasteiger partial charge on any atom is -0.481 e. The maximum atomic E-state index is 11.8. The van der Waals surface area contributed by atoms with Crippen LogP contribution in [0, 0.1) is 0 Å². The Morgan fingerprint density at radius 2 is 1.80 bits per heavy atom. The van der Waals surface area contributed by atoms with Crippen LogP contribution in [0.1, 0.15) is 32.3 Å². The van der Waals surface area contributed by atoms with Gasteiger partial charge in [0.05, 0.1) is 11.0 Å². The van der Waals surface area contributed by atoms with Crippen LogP contribution in [0.2, 0.25) is 0 Å². The van der Waals surface area contributed by atoms with Crippen molar-refractivity contribution in [2.75, 3.05) is 19.6 Å². The first-order valence-corrected chi connectivity index (χ1v) is 7.07. The lowest BCUT2D eigenvalue weighted by Crippen LogP contribution is -2.50. The number of likely N-dealkylation sites (tertiary alicyclic amines) is 1. The fourth-order valence-corrected chi connectivity index (χ4v) is 3.02. The molecule has 2 rings (SSSR count). The van der Waals surface area contributed by atoms with Crippen molar-refractivity contribution in [2.45, 2.75) is 37.7 Å². The number of carbonyl (C=O) groups is 1. The van der Waals surface area contributed by atoms with E-state index < -0.39 is 17.0 Å². The molecule has 0 aliphatic carbocycles. The number of nitrogens with zero attached hydrogens (tertiary/aromatic N) is 1. The molecule has 2 N–H and O–H groups in total. The summed E-state index contributed by atoms with van der Waals surface area (Å²) in [5.74, 6) is -0.744. The summed E-state index contributed by atoms with van der Waals surface area (Å²) in [5, 5.41) is 19.6. The van der Waals surface area contributed by atoms with Gasteiger partial charge in [-0.05, 0) is 45.3 Å². The Kier molecular flexibility index (Phi) is 4.16. The van der Waals surface area contributed by atoms with Gasteiger partial charge in [0.25, 0.3) is 0 Å². The Balaban J connectivity index is 2.14. The maximum absolute atomic E-state index is 11.8. The molecular formula is C16H23NO3. The van der Waals surface area contributed by atoms with Crippen LogP contribution in [0.3, 0.4) is 0 Å². The Hall–Kier alpha value is -1.39.